The van der Waals surface area contributed by atoms with Crippen molar-refractivity contribution >= 4 is 17.5 Å². The van der Waals surface area contributed by atoms with Gasteiger partial charge in [-0.25, -0.2) is 4.39 Å². The fourth-order valence-electron chi connectivity index (χ4n) is 3.82. The predicted molar refractivity (Wildman–Crippen MR) is 100 cm³/mol. The summed E-state index contributed by atoms with van der Waals surface area (Å²) in [7, 11) is 1.49. The molecular weight excluding hydrogens is 357 g/mol. The molecule has 0 bridgehead atoms. The summed E-state index contributed by atoms with van der Waals surface area (Å²) in [6.45, 7) is 5.26. The molecule has 1 aromatic rings. The fraction of sp³-hybridized carbons (Fsp3) is 0.632. The molecule has 0 radical (unpaired) electrons. The summed E-state index contributed by atoms with van der Waals surface area (Å²) in [6.07, 6.45) is 3.04. The van der Waals surface area contributed by atoms with Crippen LogP contribution in [0.5, 0.6) is 5.75 Å². The summed E-state index contributed by atoms with van der Waals surface area (Å²) in [6, 6.07) is 3.31. The summed E-state index contributed by atoms with van der Waals surface area (Å²) in [4.78, 5) is 14.5. The van der Waals surface area contributed by atoms with Gasteiger partial charge in [-0.2, -0.15) is 0 Å². The minimum atomic E-state index is -0.453. The number of hydrogen-bond donors (Lipinski definition) is 2. The van der Waals surface area contributed by atoms with Crippen molar-refractivity contribution < 1.29 is 13.9 Å². The molecule has 26 heavy (non-hydrogen) atoms. The Labute approximate surface area is 159 Å². The highest BCUT2D eigenvalue weighted by atomic mass is 35.5. The number of carbonyl (C=O) groups is 1. The van der Waals surface area contributed by atoms with E-state index in [4.69, 9.17) is 16.3 Å². The van der Waals surface area contributed by atoms with Crippen molar-refractivity contribution in [3.05, 3.63) is 28.5 Å². The van der Waals surface area contributed by atoms with Gasteiger partial charge >= 0.3 is 0 Å². The van der Waals surface area contributed by atoms with Crippen molar-refractivity contribution in [2.24, 2.45) is 0 Å². The number of nitrogens with zero attached hydrogens (tertiary/aromatic N) is 1. The first-order valence-corrected chi connectivity index (χ1v) is 9.56. The Morgan fingerprint density at radius 3 is 2.77 bits per heavy atom. The van der Waals surface area contributed by atoms with Crippen LogP contribution in [0.1, 0.15) is 44.1 Å². The average molecular weight is 384 g/mol. The summed E-state index contributed by atoms with van der Waals surface area (Å²) in [5.41, 5.74) is 0.898. The quantitative estimate of drug-likeness (QED) is 0.821. The number of amides is 1. The predicted octanol–water partition coefficient (Wildman–Crippen LogP) is 2.88. The lowest BCUT2D eigenvalue weighted by Crippen LogP contribution is -2.42. The van der Waals surface area contributed by atoms with E-state index in [0.717, 1.165) is 38.0 Å². The third-order valence-corrected chi connectivity index (χ3v) is 5.97. The number of methoxy groups -OCH3 is 1. The van der Waals surface area contributed by atoms with Crippen molar-refractivity contribution in [1.29, 1.82) is 0 Å². The number of hydrogen-bond acceptors (Lipinski definition) is 4. The standard InChI is InChI=1S/C19H27ClFN3O2/c1-19(11-22-12-23-19)6-3-17(25)24-7-4-13(5-8-24)14-9-15(21)18(20)16(10-14)26-2/h9-10,13,22-23H,3-8,11-12H2,1-2H3. The van der Waals surface area contributed by atoms with Crippen molar-refractivity contribution in [2.75, 3.05) is 33.4 Å². The maximum atomic E-state index is 14.0. The number of benzene rings is 1. The molecule has 2 heterocycles. The summed E-state index contributed by atoms with van der Waals surface area (Å²) >= 11 is 5.91. The molecule has 1 atom stereocenters. The first-order valence-electron chi connectivity index (χ1n) is 9.18. The molecular formula is C19H27ClFN3O2. The lowest BCUT2D eigenvalue weighted by Gasteiger charge is -2.33. The number of likely N-dealkylation sites (tertiary alicyclic amines) is 1. The highest BCUT2D eigenvalue weighted by Gasteiger charge is 2.30. The molecule has 144 valence electrons. The van der Waals surface area contributed by atoms with Crippen LogP contribution in [-0.4, -0.2) is 49.8 Å². The van der Waals surface area contributed by atoms with E-state index in [-0.39, 0.29) is 22.4 Å². The molecule has 2 N–H and O–H groups in total. The van der Waals surface area contributed by atoms with Gasteiger partial charge in [0.25, 0.3) is 0 Å². The second-order valence-electron chi connectivity index (χ2n) is 7.52. The van der Waals surface area contributed by atoms with Gasteiger partial charge in [0.05, 0.1) is 7.11 Å². The van der Waals surface area contributed by atoms with Gasteiger partial charge in [-0.05, 0) is 49.8 Å². The van der Waals surface area contributed by atoms with Crippen LogP contribution in [0.15, 0.2) is 12.1 Å². The van der Waals surface area contributed by atoms with Crippen LogP contribution in [0, 0.1) is 5.82 Å². The molecule has 0 aliphatic carbocycles. The third kappa shape index (κ3) is 4.30. The molecule has 0 saturated carbocycles. The average Bonchev–Trinajstić information content (AvgIpc) is 3.09. The van der Waals surface area contributed by atoms with E-state index in [0.29, 0.717) is 25.3 Å². The fourth-order valence-corrected chi connectivity index (χ4v) is 4.01. The van der Waals surface area contributed by atoms with Gasteiger partial charge in [-0.3, -0.25) is 10.1 Å². The summed E-state index contributed by atoms with van der Waals surface area (Å²) in [5, 5.41) is 6.69. The highest BCUT2D eigenvalue weighted by molar-refractivity contribution is 6.32. The molecule has 2 aliphatic rings. The van der Waals surface area contributed by atoms with Gasteiger partial charge in [0.15, 0.2) is 0 Å². The van der Waals surface area contributed by atoms with Crippen LogP contribution < -0.4 is 15.4 Å². The molecule has 0 spiro atoms. The molecule has 5 nitrogen and oxygen atoms in total. The van der Waals surface area contributed by atoms with Gasteiger partial charge < -0.3 is 15.0 Å². The Kier molecular flexibility index (Phi) is 6.05. The van der Waals surface area contributed by atoms with Gasteiger partial charge in [0, 0.05) is 38.3 Å². The van der Waals surface area contributed by atoms with Crippen LogP contribution in [0.4, 0.5) is 4.39 Å². The van der Waals surface area contributed by atoms with E-state index in [1.807, 2.05) is 11.0 Å². The van der Waals surface area contributed by atoms with Crippen LogP contribution in [-0.2, 0) is 4.79 Å². The molecule has 2 aliphatic heterocycles. The Morgan fingerprint density at radius 2 is 2.15 bits per heavy atom. The smallest absolute Gasteiger partial charge is 0.222 e. The van der Waals surface area contributed by atoms with Gasteiger partial charge in [-0.1, -0.05) is 11.6 Å². The zero-order chi connectivity index (χ0) is 18.7. The van der Waals surface area contributed by atoms with E-state index in [9.17, 15) is 9.18 Å². The van der Waals surface area contributed by atoms with E-state index in [1.165, 1.54) is 13.2 Å². The Hall–Kier alpha value is -1.37. The second kappa shape index (κ2) is 8.11. The molecule has 1 unspecified atom stereocenters. The molecule has 2 saturated heterocycles. The molecule has 1 aromatic carbocycles. The Balaban J connectivity index is 1.54. The van der Waals surface area contributed by atoms with Gasteiger partial charge in [0.2, 0.25) is 5.91 Å². The topological polar surface area (TPSA) is 53.6 Å². The largest absolute Gasteiger partial charge is 0.495 e. The molecule has 7 heteroatoms. The van der Waals surface area contributed by atoms with Gasteiger partial charge in [-0.15, -0.1) is 0 Å². The number of halogens is 2. The van der Waals surface area contributed by atoms with Crippen LogP contribution >= 0.6 is 11.6 Å². The SMILES string of the molecule is COc1cc(C2CCN(C(=O)CCC3(C)CNCN3)CC2)cc(F)c1Cl. The number of carbonyl (C=O) groups excluding carboxylic acids is 1. The van der Waals surface area contributed by atoms with Crippen LogP contribution in [0.25, 0.3) is 0 Å². The third-order valence-electron chi connectivity index (χ3n) is 5.60. The first-order chi connectivity index (χ1) is 12.4. The second-order valence-corrected chi connectivity index (χ2v) is 7.89. The van der Waals surface area contributed by atoms with E-state index < -0.39 is 5.82 Å². The van der Waals surface area contributed by atoms with Crippen LogP contribution in [0.3, 0.4) is 0 Å². The molecule has 3 rings (SSSR count). The summed E-state index contributed by atoms with van der Waals surface area (Å²) < 4.78 is 19.1. The zero-order valence-electron chi connectivity index (χ0n) is 15.4. The van der Waals surface area contributed by atoms with E-state index in [2.05, 4.69) is 17.6 Å². The molecule has 2 fully saturated rings. The number of rotatable bonds is 5. The number of piperidine rings is 1. The lowest BCUT2D eigenvalue weighted by molar-refractivity contribution is -0.132. The Morgan fingerprint density at radius 1 is 1.42 bits per heavy atom. The van der Waals surface area contributed by atoms with Crippen molar-refractivity contribution in [1.82, 2.24) is 15.5 Å². The lowest BCUT2D eigenvalue weighted by atomic mass is 9.88. The van der Waals surface area contributed by atoms with Crippen molar-refractivity contribution in [3.63, 3.8) is 0 Å². The number of ether oxygens (including phenoxy) is 1. The van der Waals surface area contributed by atoms with Gasteiger partial charge in [0.1, 0.15) is 16.6 Å². The van der Waals surface area contributed by atoms with E-state index >= 15 is 0 Å². The number of nitrogens with one attached hydrogen (secondary N) is 2. The monoisotopic (exact) mass is 383 g/mol. The maximum Gasteiger partial charge on any atom is 0.222 e. The van der Waals surface area contributed by atoms with Crippen LogP contribution in [0.2, 0.25) is 5.02 Å². The van der Waals surface area contributed by atoms with Crippen molar-refractivity contribution in [2.45, 2.75) is 44.1 Å². The molecule has 0 aromatic heterocycles. The Bertz CT molecular complexity index is 656. The maximum absolute atomic E-state index is 14.0. The summed E-state index contributed by atoms with van der Waals surface area (Å²) in [5.74, 6) is 0.340. The highest BCUT2D eigenvalue weighted by Crippen LogP contribution is 2.35. The normalized spacial score (nSPS) is 24.1. The minimum absolute atomic E-state index is 0.00533. The zero-order valence-corrected chi connectivity index (χ0v) is 16.2. The van der Waals surface area contributed by atoms with Crippen molar-refractivity contribution in [3.8, 4) is 5.75 Å². The first kappa shape index (κ1) is 19.4. The minimum Gasteiger partial charge on any atom is -0.495 e. The van der Waals surface area contributed by atoms with E-state index in [1.54, 1.807) is 0 Å². The molecule has 1 amide bonds.